The van der Waals surface area contributed by atoms with Crippen molar-refractivity contribution in [3.8, 4) is 5.75 Å². The number of carbonyl (C=O) groups is 10. The summed E-state index contributed by atoms with van der Waals surface area (Å²) in [6.45, 7) is 6.72. The SMILES string of the molecule is CCOc1ccc(C[C@H]2NC(=O)CCSSC[C@@H](C(=O)N3CCC[C@@H]3C(=O)N[C@@H](CCCN)C(=O)NCC(N)=O)NC(=O)[C@H](CC(N)=O)NC(=O)[C@H]([C@@H](C)O)NC(=O)[C@H]([C@@H](C)CC)NC2=O)cc1. The van der Waals surface area contributed by atoms with Crippen LogP contribution in [-0.2, 0) is 54.4 Å². The number of aliphatic hydroxyl groups is 1. The van der Waals surface area contributed by atoms with Gasteiger partial charge in [0.05, 0.1) is 25.7 Å². The summed E-state index contributed by atoms with van der Waals surface area (Å²) in [7, 11) is 2.27. The van der Waals surface area contributed by atoms with E-state index in [2.05, 4.69) is 37.2 Å². The number of likely N-dealkylation sites (tertiary alicyclic amines) is 1. The first-order chi connectivity index (χ1) is 32.3. The number of hydrogen-bond donors (Lipinski definition) is 11. The number of aliphatic hydroxyl groups excluding tert-OH is 1. The van der Waals surface area contributed by atoms with Crippen LogP contribution in [0.4, 0.5) is 0 Å². The van der Waals surface area contributed by atoms with E-state index in [4.69, 9.17) is 21.9 Å². The zero-order valence-electron chi connectivity index (χ0n) is 38.8. The summed E-state index contributed by atoms with van der Waals surface area (Å²) in [6, 6.07) is -2.62. The van der Waals surface area contributed by atoms with Gasteiger partial charge in [0.1, 0.15) is 48.0 Å². The van der Waals surface area contributed by atoms with E-state index in [9.17, 15) is 53.1 Å². The van der Waals surface area contributed by atoms with E-state index in [-0.39, 0.29) is 50.3 Å². The van der Waals surface area contributed by atoms with Gasteiger partial charge in [-0.2, -0.15) is 0 Å². The number of benzene rings is 1. The van der Waals surface area contributed by atoms with Crippen molar-refractivity contribution in [3.63, 3.8) is 0 Å². The van der Waals surface area contributed by atoms with Gasteiger partial charge in [0.25, 0.3) is 0 Å². The molecule has 0 spiro atoms. The first-order valence-electron chi connectivity index (χ1n) is 22.6. The highest BCUT2D eigenvalue weighted by Crippen LogP contribution is 2.26. The lowest BCUT2D eigenvalue weighted by Crippen LogP contribution is -2.63. The van der Waals surface area contributed by atoms with Crippen LogP contribution >= 0.6 is 21.6 Å². The maximum atomic E-state index is 14.4. The zero-order valence-corrected chi connectivity index (χ0v) is 40.5. The number of hydrogen-bond acceptors (Lipinski definition) is 15. The lowest BCUT2D eigenvalue weighted by atomic mass is 9.96. The van der Waals surface area contributed by atoms with Crippen LogP contribution in [0.3, 0.4) is 0 Å². The van der Waals surface area contributed by atoms with Crippen molar-refractivity contribution in [3.05, 3.63) is 29.8 Å². The fraction of sp³-hybridized carbons (Fsp3) is 0.628. The number of rotatable bonds is 18. The second kappa shape index (κ2) is 28.6. The van der Waals surface area contributed by atoms with Crippen molar-refractivity contribution in [1.82, 2.24) is 42.1 Å². The van der Waals surface area contributed by atoms with Crippen LogP contribution in [0.1, 0.15) is 78.2 Å². The van der Waals surface area contributed by atoms with E-state index in [1.165, 1.54) is 22.6 Å². The molecule has 2 aliphatic rings. The van der Waals surface area contributed by atoms with E-state index in [0.29, 0.717) is 37.2 Å². The Bertz CT molecular complexity index is 1950. The Balaban J connectivity index is 1.99. The van der Waals surface area contributed by atoms with Crippen LogP contribution in [0.15, 0.2) is 24.3 Å². The lowest BCUT2D eigenvalue weighted by molar-refractivity contribution is -0.142. The van der Waals surface area contributed by atoms with Gasteiger partial charge in [-0.1, -0.05) is 54.0 Å². The Morgan fingerprint density at radius 1 is 0.868 bits per heavy atom. The topological polar surface area (TPSA) is 366 Å². The van der Waals surface area contributed by atoms with Gasteiger partial charge in [0.2, 0.25) is 59.1 Å². The highest BCUT2D eigenvalue weighted by molar-refractivity contribution is 8.76. The third kappa shape index (κ3) is 18.1. The van der Waals surface area contributed by atoms with Gasteiger partial charge in [-0.15, -0.1) is 0 Å². The Kier molecular flexibility index (Phi) is 23.8. The van der Waals surface area contributed by atoms with Gasteiger partial charge in [-0.25, -0.2) is 0 Å². The number of carbonyl (C=O) groups excluding carboxylic acids is 10. The Hall–Kier alpha value is -5.66. The molecule has 23 nitrogen and oxygen atoms in total. The number of amides is 10. The van der Waals surface area contributed by atoms with Gasteiger partial charge in [-0.3, -0.25) is 47.9 Å². The van der Waals surface area contributed by atoms with Crippen molar-refractivity contribution in [2.45, 2.75) is 127 Å². The fourth-order valence-electron chi connectivity index (χ4n) is 7.29. The molecule has 0 saturated carbocycles. The maximum absolute atomic E-state index is 14.4. The van der Waals surface area contributed by atoms with Crippen molar-refractivity contribution in [2.24, 2.45) is 23.1 Å². The third-order valence-electron chi connectivity index (χ3n) is 11.2. The number of nitrogens with two attached hydrogens (primary N) is 3. The molecule has 0 bridgehead atoms. The van der Waals surface area contributed by atoms with Crippen molar-refractivity contribution < 1.29 is 57.8 Å². The molecule has 2 saturated heterocycles. The quantitative estimate of drug-likeness (QED) is 0.0652. The van der Waals surface area contributed by atoms with Crippen LogP contribution in [0.2, 0.25) is 0 Å². The van der Waals surface area contributed by atoms with Crippen molar-refractivity contribution in [2.75, 3.05) is 37.7 Å². The minimum Gasteiger partial charge on any atom is -0.494 e. The highest BCUT2D eigenvalue weighted by Gasteiger charge is 2.41. The molecule has 3 rings (SSSR count). The minimum absolute atomic E-state index is 0.0243. The summed E-state index contributed by atoms with van der Waals surface area (Å²) in [5.74, 6) is -8.07. The summed E-state index contributed by atoms with van der Waals surface area (Å²) < 4.78 is 5.53. The predicted molar refractivity (Wildman–Crippen MR) is 253 cm³/mol. The average Bonchev–Trinajstić information content (AvgIpc) is 3.79. The smallest absolute Gasteiger partial charge is 0.246 e. The van der Waals surface area contributed by atoms with Crippen LogP contribution in [0, 0.1) is 5.92 Å². The molecular formula is C43H67N11O12S2. The second-order valence-corrected chi connectivity index (χ2v) is 19.1. The zero-order chi connectivity index (χ0) is 50.5. The molecule has 0 aromatic heterocycles. The van der Waals surface area contributed by atoms with E-state index >= 15 is 0 Å². The Labute approximate surface area is 403 Å². The number of nitrogens with one attached hydrogen (secondary N) is 7. The van der Waals surface area contributed by atoms with Gasteiger partial charge in [0, 0.05) is 30.9 Å². The molecule has 9 atom stereocenters. The third-order valence-corrected chi connectivity index (χ3v) is 13.6. The molecule has 378 valence electrons. The summed E-state index contributed by atoms with van der Waals surface area (Å²) in [6.07, 6.45) is -1.05. The summed E-state index contributed by atoms with van der Waals surface area (Å²) in [5.41, 5.74) is 17.0. The molecule has 10 amide bonds. The molecular weight excluding hydrogens is 927 g/mol. The Morgan fingerprint density at radius 2 is 1.53 bits per heavy atom. The van der Waals surface area contributed by atoms with Gasteiger partial charge >= 0.3 is 0 Å². The van der Waals surface area contributed by atoms with E-state index in [1.54, 1.807) is 38.1 Å². The normalized spacial score (nSPS) is 23.8. The van der Waals surface area contributed by atoms with Gasteiger partial charge < -0.3 is 69.2 Å². The maximum Gasteiger partial charge on any atom is 0.246 e. The van der Waals surface area contributed by atoms with Crippen LogP contribution < -0.4 is 59.2 Å². The average molecular weight is 994 g/mol. The molecule has 25 heteroatoms. The number of nitrogens with zero attached hydrogens (tertiary/aromatic N) is 1. The first-order valence-corrected chi connectivity index (χ1v) is 25.1. The molecule has 2 heterocycles. The van der Waals surface area contributed by atoms with Gasteiger partial charge in [0.15, 0.2) is 0 Å². The first kappa shape index (κ1) is 56.7. The molecule has 2 aliphatic heterocycles. The molecule has 0 radical (unpaired) electrons. The number of ether oxygens (including phenoxy) is 1. The molecule has 68 heavy (non-hydrogen) atoms. The van der Waals surface area contributed by atoms with Crippen LogP contribution in [0.25, 0.3) is 0 Å². The molecule has 0 unspecified atom stereocenters. The number of primary amides is 2. The largest absolute Gasteiger partial charge is 0.494 e. The molecule has 1 aromatic rings. The van der Waals surface area contributed by atoms with Crippen molar-refractivity contribution >= 4 is 80.7 Å². The highest BCUT2D eigenvalue weighted by atomic mass is 33.1. The Morgan fingerprint density at radius 3 is 2.15 bits per heavy atom. The monoisotopic (exact) mass is 993 g/mol. The van der Waals surface area contributed by atoms with E-state index in [0.717, 1.165) is 10.8 Å². The summed E-state index contributed by atoms with van der Waals surface area (Å²) >= 11 is 0. The molecule has 2 fully saturated rings. The molecule has 1 aromatic carbocycles. The molecule has 0 aliphatic carbocycles. The standard InChI is InChI=1S/C43H67N11O12S2/c1-5-23(3)35-41(63)53-36(24(4)55)42(64)50-29(20-32(45)56)38(60)51-30(43(65)54-17-8-10-31(54)40(62)49-27(9-7-16-44)37(59)47-21-33(46)57)22-68-67-18-15-34(58)48-28(39(61)52-35)19-25-11-13-26(14-12-25)66-6-2/h11-14,23-24,27-31,35-36,55H,5-10,15-22,44H2,1-4H3,(H2,45,56)(H2,46,57)(H,47,59)(H,48,58)(H,49,62)(H,50,64)(H,51,60)(H,52,61)(H,53,63)/t23-,24+,27-,28+,29-,30-,31+,35-,36-/m0/s1. The van der Waals surface area contributed by atoms with Crippen LogP contribution in [0.5, 0.6) is 5.75 Å². The minimum atomic E-state index is -1.74. The fourth-order valence-corrected chi connectivity index (χ4v) is 9.44. The predicted octanol–water partition coefficient (Wildman–Crippen LogP) is -3.04. The summed E-state index contributed by atoms with van der Waals surface area (Å²) in [5, 5.41) is 28.7. The van der Waals surface area contributed by atoms with Crippen LogP contribution in [-0.4, -0.2) is 155 Å². The lowest BCUT2D eigenvalue weighted by Gasteiger charge is -2.31. The van der Waals surface area contributed by atoms with Crippen molar-refractivity contribution in [1.29, 1.82) is 0 Å². The van der Waals surface area contributed by atoms with E-state index < -0.39 is 126 Å². The van der Waals surface area contributed by atoms with Gasteiger partial charge in [-0.05, 0) is 69.7 Å². The second-order valence-electron chi connectivity index (χ2n) is 16.5. The van der Waals surface area contributed by atoms with E-state index in [1.807, 2.05) is 6.92 Å². The molecule has 14 N–H and O–H groups in total. The summed E-state index contributed by atoms with van der Waals surface area (Å²) in [4.78, 5) is 135.